The summed E-state index contributed by atoms with van der Waals surface area (Å²) < 4.78 is 0. The van der Waals surface area contributed by atoms with Crippen molar-refractivity contribution in [2.24, 2.45) is 5.92 Å². The molecule has 1 unspecified atom stereocenters. The largest absolute Gasteiger partial charge is 0.340 e. The van der Waals surface area contributed by atoms with Crippen molar-refractivity contribution < 1.29 is 14.4 Å². The van der Waals surface area contributed by atoms with E-state index in [-0.39, 0.29) is 23.5 Å². The van der Waals surface area contributed by atoms with Crippen molar-refractivity contribution in [3.8, 4) is 0 Å². The molecule has 0 aliphatic rings. The van der Waals surface area contributed by atoms with Gasteiger partial charge in [-0.2, -0.15) is 0 Å². The van der Waals surface area contributed by atoms with Gasteiger partial charge in [0.15, 0.2) is 0 Å². The minimum absolute atomic E-state index is 0.166. The Morgan fingerprint density at radius 1 is 0.897 bits per heavy atom. The molecule has 0 radical (unpaired) electrons. The van der Waals surface area contributed by atoms with Crippen molar-refractivity contribution in [3.05, 3.63) is 65.7 Å². The van der Waals surface area contributed by atoms with Crippen LogP contribution in [0, 0.1) is 12.8 Å². The molecule has 0 bridgehead atoms. The van der Waals surface area contributed by atoms with Crippen molar-refractivity contribution in [2.75, 3.05) is 5.75 Å². The number of rotatable bonds is 8. The van der Waals surface area contributed by atoms with Crippen LogP contribution in [-0.2, 0) is 14.4 Å². The molecule has 2 rings (SSSR count). The molecule has 2 aromatic rings. The fourth-order valence-corrected chi connectivity index (χ4v) is 3.26. The molecule has 3 N–H and O–H groups in total. The van der Waals surface area contributed by atoms with Crippen molar-refractivity contribution >= 4 is 29.5 Å². The predicted octanol–water partition coefficient (Wildman–Crippen LogP) is 3.14. The highest BCUT2D eigenvalue weighted by Gasteiger charge is 2.23. The molecule has 0 spiro atoms. The molecule has 6 nitrogen and oxygen atoms in total. The van der Waals surface area contributed by atoms with Crippen molar-refractivity contribution in [2.45, 2.75) is 38.1 Å². The molecule has 0 aromatic heterocycles. The van der Waals surface area contributed by atoms with Gasteiger partial charge in [0.25, 0.3) is 5.91 Å². The second-order valence-electron chi connectivity index (χ2n) is 7.15. The summed E-state index contributed by atoms with van der Waals surface area (Å²) in [5.74, 6) is -0.705. The molecule has 29 heavy (non-hydrogen) atoms. The van der Waals surface area contributed by atoms with Crippen LogP contribution < -0.4 is 16.2 Å². The standard InChI is InChI=1S/C22H27N3O3S/c1-15(2)13-19(26)23-21(17-7-5-4-6-8-17)22(28)25-24-20(27)14-29-18-11-9-16(3)10-12-18/h4-12,15,21H,13-14H2,1-3H3,(H,23,26)(H,24,27)(H,25,28). The van der Waals surface area contributed by atoms with Gasteiger partial charge in [-0.3, -0.25) is 25.2 Å². The number of nitrogens with one attached hydrogen (secondary N) is 3. The van der Waals surface area contributed by atoms with Gasteiger partial charge in [-0.1, -0.05) is 61.9 Å². The predicted molar refractivity (Wildman–Crippen MR) is 115 cm³/mol. The number of carbonyl (C=O) groups is 3. The van der Waals surface area contributed by atoms with E-state index in [0.717, 1.165) is 10.5 Å². The maximum Gasteiger partial charge on any atom is 0.265 e. The molecule has 0 saturated heterocycles. The van der Waals surface area contributed by atoms with Crippen LogP contribution in [0.4, 0.5) is 0 Å². The minimum Gasteiger partial charge on any atom is -0.340 e. The van der Waals surface area contributed by atoms with Gasteiger partial charge in [0.2, 0.25) is 11.8 Å². The Hall–Kier alpha value is -2.80. The van der Waals surface area contributed by atoms with Crippen LogP contribution >= 0.6 is 11.8 Å². The Morgan fingerprint density at radius 3 is 2.17 bits per heavy atom. The van der Waals surface area contributed by atoms with Gasteiger partial charge < -0.3 is 5.32 Å². The molecule has 0 heterocycles. The summed E-state index contributed by atoms with van der Waals surface area (Å²) >= 11 is 1.38. The van der Waals surface area contributed by atoms with Crippen LogP contribution in [0.1, 0.15) is 37.4 Å². The minimum atomic E-state index is -0.882. The van der Waals surface area contributed by atoms with Gasteiger partial charge >= 0.3 is 0 Å². The van der Waals surface area contributed by atoms with E-state index in [4.69, 9.17) is 0 Å². The number of benzene rings is 2. The van der Waals surface area contributed by atoms with E-state index in [1.807, 2.05) is 51.1 Å². The zero-order valence-electron chi connectivity index (χ0n) is 16.9. The smallest absolute Gasteiger partial charge is 0.265 e. The average Bonchev–Trinajstić information content (AvgIpc) is 2.70. The lowest BCUT2D eigenvalue weighted by molar-refractivity contribution is -0.132. The van der Waals surface area contributed by atoms with Crippen molar-refractivity contribution in [3.63, 3.8) is 0 Å². The van der Waals surface area contributed by atoms with E-state index >= 15 is 0 Å². The van der Waals surface area contributed by atoms with Crippen LogP contribution in [-0.4, -0.2) is 23.5 Å². The highest BCUT2D eigenvalue weighted by molar-refractivity contribution is 8.00. The Labute approximate surface area is 175 Å². The highest BCUT2D eigenvalue weighted by atomic mass is 32.2. The van der Waals surface area contributed by atoms with Gasteiger partial charge in [0.1, 0.15) is 6.04 Å². The number of amides is 3. The average molecular weight is 414 g/mol. The van der Waals surface area contributed by atoms with Crippen molar-refractivity contribution in [1.82, 2.24) is 16.2 Å². The lowest BCUT2D eigenvalue weighted by atomic mass is 10.0. The van der Waals surface area contributed by atoms with Gasteiger partial charge in [0.05, 0.1) is 5.75 Å². The molecule has 0 saturated carbocycles. The Morgan fingerprint density at radius 2 is 1.55 bits per heavy atom. The third kappa shape index (κ3) is 7.99. The normalized spacial score (nSPS) is 11.6. The third-order valence-corrected chi connectivity index (χ3v) is 5.02. The van der Waals surface area contributed by atoms with Crippen LogP contribution in [0.2, 0.25) is 0 Å². The molecular weight excluding hydrogens is 386 g/mol. The first kappa shape index (κ1) is 22.5. The summed E-state index contributed by atoms with van der Waals surface area (Å²) in [6.07, 6.45) is 0.316. The van der Waals surface area contributed by atoms with E-state index < -0.39 is 11.9 Å². The Bertz CT molecular complexity index is 823. The molecule has 0 fully saturated rings. The van der Waals surface area contributed by atoms with E-state index in [1.165, 1.54) is 11.8 Å². The monoisotopic (exact) mass is 413 g/mol. The maximum atomic E-state index is 12.6. The summed E-state index contributed by atoms with van der Waals surface area (Å²) in [6, 6.07) is 15.9. The topological polar surface area (TPSA) is 87.3 Å². The fraction of sp³-hybridized carbons (Fsp3) is 0.318. The number of thioether (sulfide) groups is 1. The highest BCUT2D eigenvalue weighted by Crippen LogP contribution is 2.18. The molecule has 7 heteroatoms. The number of aryl methyl sites for hydroxylation is 1. The molecule has 2 aromatic carbocycles. The van der Waals surface area contributed by atoms with E-state index in [0.29, 0.717) is 12.0 Å². The summed E-state index contributed by atoms with van der Waals surface area (Å²) in [4.78, 5) is 37.9. The zero-order chi connectivity index (χ0) is 21.2. The summed E-state index contributed by atoms with van der Waals surface area (Å²) in [5, 5.41) is 2.74. The second-order valence-corrected chi connectivity index (χ2v) is 8.20. The molecule has 0 aliphatic carbocycles. The SMILES string of the molecule is Cc1ccc(SCC(=O)NNC(=O)C(NC(=O)CC(C)C)c2ccccc2)cc1. The van der Waals surface area contributed by atoms with Crippen LogP contribution in [0.3, 0.4) is 0 Å². The molecule has 1 atom stereocenters. The van der Waals surface area contributed by atoms with Gasteiger partial charge in [-0.05, 0) is 30.5 Å². The van der Waals surface area contributed by atoms with E-state index in [2.05, 4.69) is 16.2 Å². The first-order valence-corrected chi connectivity index (χ1v) is 10.5. The number of carbonyl (C=O) groups excluding carboxylic acids is 3. The summed E-state index contributed by atoms with van der Waals surface area (Å²) in [6.45, 7) is 5.87. The van der Waals surface area contributed by atoms with Gasteiger partial charge in [-0.25, -0.2) is 0 Å². The van der Waals surface area contributed by atoms with Gasteiger partial charge in [0, 0.05) is 11.3 Å². The van der Waals surface area contributed by atoms with E-state index in [9.17, 15) is 14.4 Å². The quantitative estimate of drug-likeness (QED) is 0.458. The lowest BCUT2D eigenvalue weighted by Crippen LogP contribution is -2.48. The number of hydrazine groups is 1. The second kappa shape index (κ2) is 11.3. The number of hydrogen-bond donors (Lipinski definition) is 3. The molecule has 154 valence electrons. The Kier molecular flexibility index (Phi) is 8.73. The first-order chi connectivity index (χ1) is 13.8. The summed E-state index contributed by atoms with van der Waals surface area (Å²) in [7, 11) is 0. The fourth-order valence-electron chi connectivity index (χ4n) is 2.56. The van der Waals surface area contributed by atoms with Gasteiger partial charge in [-0.15, -0.1) is 11.8 Å². The molecule has 0 aliphatic heterocycles. The lowest BCUT2D eigenvalue weighted by Gasteiger charge is -2.19. The van der Waals surface area contributed by atoms with Crippen LogP contribution in [0.15, 0.2) is 59.5 Å². The maximum absolute atomic E-state index is 12.6. The number of hydrogen-bond acceptors (Lipinski definition) is 4. The summed E-state index contributed by atoms with van der Waals surface area (Å²) in [5.41, 5.74) is 6.63. The zero-order valence-corrected chi connectivity index (χ0v) is 17.7. The molecular formula is C22H27N3O3S. The molecule has 3 amide bonds. The van der Waals surface area contributed by atoms with Crippen LogP contribution in [0.25, 0.3) is 0 Å². The van der Waals surface area contributed by atoms with Crippen LogP contribution in [0.5, 0.6) is 0 Å². The first-order valence-electron chi connectivity index (χ1n) is 9.47. The Balaban J connectivity index is 1.91. The van der Waals surface area contributed by atoms with E-state index in [1.54, 1.807) is 24.3 Å². The van der Waals surface area contributed by atoms with Crippen molar-refractivity contribution in [1.29, 1.82) is 0 Å². The third-order valence-electron chi connectivity index (χ3n) is 4.01.